The average Bonchev–Trinajstić information content (AvgIpc) is 2.80. The lowest BCUT2D eigenvalue weighted by Gasteiger charge is -2.09. The van der Waals surface area contributed by atoms with Gasteiger partial charge in [0.2, 0.25) is 0 Å². The van der Waals surface area contributed by atoms with Crippen LogP contribution in [0.1, 0.15) is 64.4 Å². The molecule has 0 fully saturated rings. The second kappa shape index (κ2) is 12.3. The standard InChI is InChI=1S/C29H35FO/c1-3-5-7-9-21-31-27-18-16-25(17-19-27)24-12-14-26(15-13-24)28-20-11-23(22-29(28)30)10-8-6-4-2/h11-20,22H,3-10,21H2,1-2H3. The zero-order valence-corrected chi connectivity index (χ0v) is 19.0. The number of halogens is 1. The Hall–Kier alpha value is -2.61. The molecule has 0 aliphatic carbocycles. The first-order valence-electron chi connectivity index (χ1n) is 11.8. The lowest BCUT2D eigenvalue weighted by molar-refractivity contribution is 0.305. The summed E-state index contributed by atoms with van der Waals surface area (Å²) in [6.07, 6.45) is 9.28. The van der Waals surface area contributed by atoms with Crippen molar-refractivity contribution >= 4 is 0 Å². The predicted molar refractivity (Wildman–Crippen MR) is 130 cm³/mol. The van der Waals surface area contributed by atoms with E-state index in [1.165, 1.54) is 32.1 Å². The average molecular weight is 419 g/mol. The molecule has 2 heteroatoms. The minimum absolute atomic E-state index is 0.137. The molecule has 164 valence electrons. The first-order chi connectivity index (χ1) is 15.2. The fraction of sp³-hybridized carbons (Fsp3) is 0.379. The molecule has 1 nitrogen and oxygen atoms in total. The highest BCUT2D eigenvalue weighted by Gasteiger charge is 2.07. The minimum Gasteiger partial charge on any atom is -0.494 e. The lowest BCUT2D eigenvalue weighted by Crippen LogP contribution is -1.96. The molecule has 31 heavy (non-hydrogen) atoms. The molecule has 0 heterocycles. The summed E-state index contributed by atoms with van der Waals surface area (Å²) in [4.78, 5) is 0. The van der Waals surface area contributed by atoms with E-state index in [0.29, 0.717) is 5.56 Å². The Morgan fingerprint density at radius 3 is 1.90 bits per heavy atom. The van der Waals surface area contributed by atoms with Crippen molar-refractivity contribution in [2.75, 3.05) is 6.61 Å². The van der Waals surface area contributed by atoms with Gasteiger partial charge >= 0.3 is 0 Å². The highest BCUT2D eigenvalue weighted by Crippen LogP contribution is 2.28. The molecule has 0 unspecified atom stereocenters. The summed E-state index contributed by atoms with van der Waals surface area (Å²) < 4.78 is 20.5. The Morgan fingerprint density at radius 2 is 1.26 bits per heavy atom. The van der Waals surface area contributed by atoms with Gasteiger partial charge in [-0.15, -0.1) is 0 Å². The Labute approximate surface area is 187 Å². The first kappa shape index (κ1) is 23.1. The Bertz CT molecular complexity index is 912. The van der Waals surface area contributed by atoms with Crippen molar-refractivity contribution in [3.8, 4) is 28.0 Å². The maximum atomic E-state index is 14.7. The van der Waals surface area contributed by atoms with Gasteiger partial charge in [-0.2, -0.15) is 0 Å². The summed E-state index contributed by atoms with van der Waals surface area (Å²) in [5, 5.41) is 0. The molecule has 0 saturated heterocycles. The van der Waals surface area contributed by atoms with Crippen LogP contribution in [0.3, 0.4) is 0 Å². The van der Waals surface area contributed by atoms with Crippen LogP contribution in [0.25, 0.3) is 22.3 Å². The smallest absolute Gasteiger partial charge is 0.131 e. The second-order valence-electron chi connectivity index (χ2n) is 8.28. The van der Waals surface area contributed by atoms with E-state index in [1.54, 1.807) is 6.07 Å². The highest BCUT2D eigenvalue weighted by atomic mass is 19.1. The summed E-state index contributed by atoms with van der Waals surface area (Å²) in [6, 6.07) is 22.0. The summed E-state index contributed by atoms with van der Waals surface area (Å²) in [5.74, 6) is 0.778. The Kier molecular flexibility index (Phi) is 9.15. The number of unbranched alkanes of at least 4 members (excludes halogenated alkanes) is 5. The molecule has 0 atom stereocenters. The quantitative estimate of drug-likeness (QED) is 0.267. The number of benzene rings is 3. The zero-order valence-electron chi connectivity index (χ0n) is 19.0. The van der Waals surface area contributed by atoms with E-state index in [2.05, 4.69) is 44.2 Å². The van der Waals surface area contributed by atoms with Gasteiger partial charge in [0.05, 0.1) is 6.61 Å². The zero-order chi connectivity index (χ0) is 21.9. The summed E-state index contributed by atoms with van der Waals surface area (Å²) in [6.45, 7) is 5.18. The van der Waals surface area contributed by atoms with Crippen LogP contribution in [0.4, 0.5) is 4.39 Å². The van der Waals surface area contributed by atoms with Gasteiger partial charge < -0.3 is 4.74 Å². The lowest BCUT2D eigenvalue weighted by atomic mass is 9.98. The van der Waals surface area contributed by atoms with Gasteiger partial charge in [-0.3, -0.25) is 0 Å². The molecule has 0 saturated carbocycles. The fourth-order valence-electron chi connectivity index (χ4n) is 3.83. The Morgan fingerprint density at radius 1 is 0.645 bits per heavy atom. The molecule has 0 N–H and O–H groups in total. The van der Waals surface area contributed by atoms with E-state index in [1.807, 2.05) is 30.3 Å². The molecule has 3 rings (SSSR count). The molecule has 0 aromatic heterocycles. The van der Waals surface area contributed by atoms with Crippen LogP contribution < -0.4 is 4.74 Å². The van der Waals surface area contributed by atoms with Gasteiger partial charge in [0.1, 0.15) is 11.6 Å². The van der Waals surface area contributed by atoms with Crippen LogP contribution in [0.5, 0.6) is 5.75 Å². The number of ether oxygens (including phenoxy) is 1. The summed E-state index contributed by atoms with van der Waals surface area (Å²) >= 11 is 0. The topological polar surface area (TPSA) is 9.23 Å². The highest BCUT2D eigenvalue weighted by molar-refractivity contribution is 5.71. The van der Waals surface area contributed by atoms with Crippen LogP contribution in [-0.4, -0.2) is 6.61 Å². The van der Waals surface area contributed by atoms with Gasteiger partial charge in [-0.25, -0.2) is 4.39 Å². The van der Waals surface area contributed by atoms with Crippen molar-refractivity contribution in [3.05, 3.63) is 78.1 Å². The monoisotopic (exact) mass is 418 g/mol. The summed E-state index contributed by atoms with van der Waals surface area (Å²) in [5.41, 5.74) is 4.91. The van der Waals surface area contributed by atoms with E-state index in [9.17, 15) is 4.39 Å². The van der Waals surface area contributed by atoms with Crippen LogP contribution in [0.2, 0.25) is 0 Å². The van der Waals surface area contributed by atoms with Crippen molar-refractivity contribution in [2.24, 2.45) is 0 Å². The van der Waals surface area contributed by atoms with Gasteiger partial charge in [-0.1, -0.05) is 94.5 Å². The molecule has 0 aliphatic rings. The maximum Gasteiger partial charge on any atom is 0.131 e. The van der Waals surface area contributed by atoms with Crippen molar-refractivity contribution in [3.63, 3.8) is 0 Å². The van der Waals surface area contributed by atoms with Crippen LogP contribution in [0, 0.1) is 5.82 Å². The van der Waals surface area contributed by atoms with Crippen molar-refractivity contribution in [2.45, 2.75) is 65.2 Å². The maximum absolute atomic E-state index is 14.7. The number of rotatable bonds is 12. The van der Waals surface area contributed by atoms with Crippen molar-refractivity contribution in [1.82, 2.24) is 0 Å². The number of hydrogen-bond donors (Lipinski definition) is 0. The molecule has 3 aromatic rings. The third-order valence-corrected chi connectivity index (χ3v) is 5.75. The fourth-order valence-corrected chi connectivity index (χ4v) is 3.83. The second-order valence-corrected chi connectivity index (χ2v) is 8.28. The van der Waals surface area contributed by atoms with E-state index < -0.39 is 0 Å². The molecule has 0 amide bonds. The van der Waals surface area contributed by atoms with Crippen molar-refractivity contribution in [1.29, 1.82) is 0 Å². The van der Waals surface area contributed by atoms with Crippen LogP contribution >= 0.6 is 0 Å². The Balaban J connectivity index is 1.61. The van der Waals surface area contributed by atoms with Crippen LogP contribution in [0.15, 0.2) is 66.7 Å². The van der Waals surface area contributed by atoms with E-state index in [-0.39, 0.29) is 5.82 Å². The molecular formula is C29H35FO. The first-order valence-corrected chi connectivity index (χ1v) is 11.8. The van der Waals surface area contributed by atoms with Gasteiger partial charge in [0.15, 0.2) is 0 Å². The molecule has 0 bridgehead atoms. The molecular weight excluding hydrogens is 383 g/mol. The van der Waals surface area contributed by atoms with Gasteiger partial charge in [0.25, 0.3) is 0 Å². The SMILES string of the molecule is CCCCCCOc1ccc(-c2ccc(-c3ccc(CCCCC)cc3F)cc2)cc1. The van der Waals surface area contributed by atoms with Crippen molar-refractivity contribution < 1.29 is 9.13 Å². The third kappa shape index (κ3) is 6.95. The molecule has 3 aromatic carbocycles. The van der Waals surface area contributed by atoms with Gasteiger partial charge in [0, 0.05) is 5.56 Å². The molecule has 0 spiro atoms. The summed E-state index contributed by atoms with van der Waals surface area (Å²) in [7, 11) is 0. The third-order valence-electron chi connectivity index (χ3n) is 5.75. The number of hydrogen-bond acceptors (Lipinski definition) is 1. The minimum atomic E-state index is -0.137. The largest absolute Gasteiger partial charge is 0.494 e. The number of aryl methyl sites for hydroxylation is 1. The van der Waals surface area contributed by atoms with E-state index >= 15 is 0 Å². The van der Waals surface area contributed by atoms with Gasteiger partial charge in [-0.05, 0) is 59.7 Å². The molecule has 0 aliphatic heterocycles. The van der Waals surface area contributed by atoms with E-state index in [0.717, 1.165) is 53.9 Å². The normalized spacial score (nSPS) is 10.9. The van der Waals surface area contributed by atoms with Crippen LogP contribution in [-0.2, 0) is 6.42 Å². The molecule has 0 radical (unpaired) electrons. The van der Waals surface area contributed by atoms with E-state index in [4.69, 9.17) is 4.74 Å². The predicted octanol–water partition coefficient (Wildman–Crippen LogP) is 8.85.